The van der Waals surface area contributed by atoms with Crippen molar-refractivity contribution in [3.8, 4) is 0 Å². The van der Waals surface area contributed by atoms with E-state index in [4.69, 9.17) is 9.98 Å². The Morgan fingerprint density at radius 1 is 0.680 bits per heavy atom. The van der Waals surface area contributed by atoms with Gasteiger partial charge in [-0.3, -0.25) is 9.98 Å². The SMILES string of the molecule is CC(CC(C)=Nc1ccccc1C(C)C)=Nc1ccccc1C(C)C. The number of para-hydroxylation sites is 2. The van der Waals surface area contributed by atoms with Crippen LogP contribution in [0.15, 0.2) is 58.5 Å². The van der Waals surface area contributed by atoms with Crippen LogP contribution in [0.1, 0.15) is 70.9 Å². The summed E-state index contributed by atoms with van der Waals surface area (Å²) in [7, 11) is 0. The number of benzene rings is 2. The summed E-state index contributed by atoms with van der Waals surface area (Å²) in [5.41, 5.74) is 6.92. The highest BCUT2D eigenvalue weighted by Crippen LogP contribution is 2.28. The molecule has 0 amide bonds. The summed E-state index contributed by atoms with van der Waals surface area (Å²) in [5, 5.41) is 0. The summed E-state index contributed by atoms with van der Waals surface area (Å²) < 4.78 is 0. The first-order valence-corrected chi connectivity index (χ1v) is 9.14. The Morgan fingerprint density at radius 3 is 1.40 bits per heavy atom. The second-order valence-corrected chi connectivity index (χ2v) is 7.30. The Bertz CT molecular complexity index is 702. The molecule has 2 heteroatoms. The predicted octanol–water partition coefficient (Wildman–Crippen LogP) is 7.21. The highest BCUT2D eigenvalue weighted by Gasteiger charge is 2.07. The molecule has 0 heterocycles. The van der Waals surface area contributed by atoms with Gasteiger partial charge in [-0.25, -0.2) is 0 Å². The Hall–Kier alpha value is -2.22. The first-order chi connectivity index (χ1) is 11.9. The third-order valence-corrected chi connectivity index (χ3v) is 4.25. The molecule has 0 unspecified atom stereocenters. The molecule has 0 aliphatic heterocycles. The molecule has 0 spiro atoms. The third-order valence-electron chi connectivity index (χ3n) is 4.25. The van der Waals surface area contributed by atoms with Gasteiger partial charge in [-0.05, 0) is 48.9 Å². The van der Waals surface area contributed by atoms with Crippen molar-refractivity contribution in [2.45, 2.75) is 59.8 Å². The van der Waals surface area contributed by atoms with Crippen LogP contribution >= 0.6 is 0 Å². The van der Waals surface area contributed by atoms with E-state index < -0.39 is 0 Å². The van der Waals surface area contributed by atoms with Crippen LogP contribution in [0.25, 0.3) is 0 Å². The van der Waals surface area contributed by atoms with E-state index in [2.05, 4.69) is 90.1 Å². The summed E-state index contributed by atoms with van der Waals surface area (Å²) in [6, 6.07) is 16.8. The van der Waals surface area contributed by atoms with Gasteiger partial charge in [-0.2, -0.15) is 0 Å². The summed E-state index contributed by atoms with van der Waals surface area (Å²) in [6.07, 6.45) is 0.791. The van der Waals surface area contributed by atoms with Crippen LogP contribution in [0.3, 0.4) is 0 Å². The second-order valence-electron chi connectivity index (χ2n) is 7.30. The molecule has 0 saturated carbocycles. The second kappa shape index (κ2) is 8.75. The van der Waals surface area contributed by atoms with E-state index in [-0.39, 0.29) is 0 Å². The summed E-state index contributed by atoms with van der Waals surface area (Å²) in [4.78, 5) is 9.71. The fourth-order valence-electron chi connectivity index (χ4n) is 3.02. The molecule has 2 nitrogen and oxygen atoms in total. The van der Waals surface area contributed by atoms with E-state index in [1.807, 2.05) is 0 Å². The van der Waals surface area contributed by atoms with Crippen LogP contribution in [-0.4, -0.2) is 11.4 Å². The fourth-order valence-corrected chi connectivity index (χ4v) is 3.02. The molecule has 25 heavy (non-hydrogen) atoms. The Morgan fingerprint density at radius 2 is 1.04 bits per heavy atom. The minimum absolute atomic E-state index is 0.473. The van der Waals surface area contributed by atoms with Crippen molar-refractivity contribution in [2.24, 2.45) is 9.98 Å². The summed E-state index contributed by atoms with van der Waals surface area (Å²) in [5.74, 6) is 0.945. The van der Waals surface area contributed by atoms with E-state index in [9.17, 15) is 0 Å². The van der Waals surface area contributed by atoms with Crippen molar-refractivity contribution in [3.05, 3.63) is 59.7 Å². The van der Waals surface area contributed by atoms with Gasteiger partial charge in [0.25, 0.3) is 0 Å². The lowest BCUT2D eigenvalue weighted by Crippen LogP contribution is -2.01. The molecule has 0 aromatic heterocycles. The molecular weight excluding hydrogens is 304 g/mol. The van der Waals surface area contributed by atoms with Crippen molar-refractivity contribution in [1.82, 2.24) is 0 Å². The maximum Gasteiger partial charge on any atom is 0.0663 e. The van der Waals surface area contributed by atoms with Gasteiger partial charge >= 0.3 is 0 Å². The smallest absolute Gasteiger partial charge is 0.0663 e. The molecule has 0 fully saturated rings. The van der Waals surface area contributed by atoms with E-state index in [0.29, 0.717) is 11.8 Å². The molecule has 0 aliphatic rings. The largest absolute Gasteiger partial charge is 0.257 e. The first-order valence-electron chi connectivity index (χ1n) is 9.14. The van der Waals surface area contributed by atoms with Crippen molar-refractivity contribution in [2.75, 3.05) is 0 Å². The molecule has 0 radical (unpaired) electrons. The van der Waals surface area contributed by atoms with Gasteiger partial charge < -0.3 is 0 Å². The average molecular weight is 335 g/mol. The maximum absolute atomic E-state index is 4.86. The number of hydrogen-bond acceptors (Lipinski definition) is 2. The number of aliphatic imine (C=N–C) groups is 2. The van der Waals surface area contributed by atoms with Crippen LogP contribution in [0.4, 0.5) is 11.4 Å². The third kappa shape index (κ3) is 5.38. The summed E-state index contributed by atoms with van der Waals surface area (Å²) >= 11 is 0. The van der Waals surface area contributed by atoms with Gasteiger partial charge in [0.2, 0.25) is 0 Å². The van der Waals surface area contributed by atoms with Crippen LogP contribution in [0, 0.1) is 0 Å². The van der Waals surface area contributed by atoms with Gasteiger partial charge in [0.05, 0.1) is 11.4 Å². The van der Waals surface area contributed by atoms with Gasteiger partial charge in [-0.15, -0.1) is 0 Å². The molecule has 2 aromatic carbocycles. The number of hydrogen-bond donors (Lipinski definition) is 0. The maximum atomic E-state index is 4.86. The van der Waals surface area contributed by atoms with Crippen LogP contribution in [0.2, 0.25) is 0 Å². The predicted molar refractivity (Wildman–Crippen MR) is 111 cm³/mol. The van der Waals surface area contributed by atoms with E-state index in [1.54, 1.807) is 0 Å². The Labute approximate surface area is 152 Å². The molecule has 0 atom stereocenters. The topological polar surface area (TPSA) is 24.7 Å². The average Bonchev–Trinajstić information content (AvgIpc) is 2.55. The lowest BCUT2D eigenvalue weighted by molar-refractivity contribution is 0.866. The highest BCUT2D eigenvalue weighted by atomic mass is 14.8. The van der Waals surface area contributed by atoms with E-state index in [1.165, 1.54) is 11.1 Å². The lowest BCUT2D eigenvalue weighted by Gasteiger charge is -2.11. The van der Waals surface area contributed by atoms with Gasteiger partial charge in [0.15, 0.2) is 0 Å². The zero-order valence-corrected chi connectivity index (χ0v) is 16.4. The zero-order chi connectivity index (χ0) is 18.4. The molecule has 0 saturated heterocycles. The van der Waals surface area contributed by atoms with Gasteiger partial charge in [0, 0.05) is 17.8 Å². The van der Waals surface area contributed by atoms with Crippen LogP contribution in [0.5, 0.6) is 0 Å². The number of nitrogens with zero attached hydrogens (tertiary/aromatic N) is 2. The van der Waals surface area contributed by atoms with E-state index >= 15 is 0 Å². The van der Waals surface area contributed by atoms with Crippen molar-refractivity contribution < 1.29 is 0 Å². The van der Waals surface area contributed by atoms with Crippen LogP contribution in [-0.2, 0) is 0 Å². The fraction of sp³-hybridized carbons (Fsp3) is 0.391. The quantitative estimate of drug-likeness (QED) is 0.499. The molecule has 0 aliphatic carbocycles. The number of rotatable bonds is 6. The van der Waals surface area contributed by atoms with Crippen molar-refractivity contribution in [3.63, 3.8) is 0 Å². The molecular formula is C23H30N2. The van der Waals surface area contributed by atoms with Gasteiger partial charge in [-0.1, -0.05) is 64.1 Å². The minimum Gasteiger partial charge on any atom is -0.257 e. The normalized spacial score (nSPS) is 13.0. The molecule has 132 valence electrons. The van der Waals surface area contributed by atoms with Crippen molar-refractivity contribution >= 4 is 22.8 Å². The standard InChI is InChI=1S/C23H30N2/c1-16(2)20-11-7-9-13-22(20)24-18(5)15-19(6)25-23-14-10-8-12-21(23)17(3)4/h7-14,16-17H,15H2,1-6H3. The molecule has 2 aromatic rings. The first kappa shape index (κ1) is 19.1. The van der Waals surface area contributed by atoms with Crippen LogP contribution < -0.4 is 0 Å². The Kier molecular flexibility index (Phi) is 6.69. The monoisotopic (exact) mass is 334 g/mol. The Balaban J connectivity index is 2.22. The molecule has 0 N–H and O–H groups in total. The van der Waals surface area contributed by atoms with Crippen molar-refractivity contribution in [1.29, 1.82) is 0 Å². The van der Waals surface area contributed by atoms with Gasteiger partial charge in [0.1, 0.15) is 0 Å². The highest BCUT2D eigenvalue weighted by molar-refractivity contribution is 6.04. The lowest BCUT2D eigenvalue weighted by atomic mass is 10.0. The molecule has 2 rings (SSSR count). The minimum atomic E-state index is 0.473. The zero-order valence-electron chi connectivity index (χ0n) is 16.4. The molecule has 0 bridgehead atoms. The van der Waals surface area contributed by atoms with E-state index in [0.717, 1.165) is 29.2 Å². The summed E-state index contributed by atoms with van der Waals surface area (Å²) in [6.45, 7) is 13.0.